The molecule has 0 aliphatic rings. The number of allylic oxidation sites excluding steroid dienone is 1. The van der Waals surface area contributed by atoms with Gasteiger partial charge in [-0.2, -0.15) is 0 Å². The van der Waals surface area contributed by atoms with Gasteiger partial charge in [0.05, 0.1) is 0 Å². The Labute approximate surface area is 69.3 Å². The quantitative estimate of drug-likeness (QED) is 0.532. The molecule has 0 nitrogen and oxygen atoms in total. The lowest BCUT2D eigenvalue weighted by molar-refractivity contribution is 0.665. The average molecular weight is 161 g/mol. The standard InChI is InChI=1S/C9H17Cl/c1-3-4-5-6-7-9(2)8-10/h8H,3-7H2,1-2H3/b9-8+. The van der Waals surface area contributed by atoms with Gasteiger partial charge in [0.1, 0.15) is 0 Å². The summed E-state index contributed by atoms with van der Waals surface area (Å²) in [7, 11) is 0. The maximum atomic E-state index is 5.50. The molecule has 0 unspecified atom stereocenters. The van der Waals surface area contributed by atoms with Gasteiger partial charge in [0, 0.05) is 5.54 Å². The van der Waals surface area contributed by atoms with E-state index in [9.17, 15) is 0 Å². The van der Waals surface area contributed by atoms with E-state index >= 15 is 0 Å². The van der Waals surface area contributed by atoms with Crippen LogP contribution in [-0.2, 0) is 0 Å². The molecule has 0 N–H and O–H groups in total. The molecule has 0 spiro atoms. The highest BCUT2D eigenvalue weighted by molar-refractivity contribution is 6.25. The van der Waals surface area contributed by atoms with Crippen molar-refractivity contribution in [1.82, 2.24) is 0 Å². The molecule has 10 heavy (non-hydrogen) atoms. The molecule has 0 saturated carbocycles. The van der Waals surface area contributed by atoms with Crippen LogP contribution in [0.15, 0.2) is 11.1 Å². The molecule has 0 heterocycles. The van der Waals surface area contributed by atoms with E-state index in [-0.39, 0.29) is 0 Å². The van der Waals surface area contributed by atoms with Crippen molar-refractivity contribution in [3.05, 3.63) is 11.1 Å². The molecule has 0 aliphatic carbocycles. The van der Waals surface area contributed by atoms with Gasteiger partial charge in [0.15, 0.2) is 0 Å². The molecule has 0 saturated heterocycles. The Hall–Kier alpha value is 0.0300. The van der Waals surface area contributed by atoms with E-state index in [1.807, 2.05) is 0 Å². The second-order valence-electron chi connectivity index (χ2n) is 2.77. The zero-order chi connectivity index (χ0) is 7.82. The SMILES string of the molecule is CCCCCC/C(C)=C/Cl. The van der Waals surface area contributed by atoms with Gasteiger partial charge in [-0.15, -0.1) is 0 Å². The summed E-state index contributed by atoms with van der Waals surface area (Å²) in [5, 5.41) is 0. The van der Waals surface area contributed by atoms with Gasteiger partial charge >= 0.3 is 0 Å². The zero-order valence-electron chi connectivity index (χ0n) is 6.99. The van der Waals surface area contributed by atoms with E-state index < -0.39 is 0 Å². The van der Waals surface area contributed by atoms with Crippen LogP contribution >= 0.6 is 11.6 Å². The molecule has 60 valence electrons. The first-order valence-electron chi connectivity index (χ1n) is 4.07. The summed E-state index contributed by atoms with van der Waals surface area (Å²) in [5.74, 6) is 0. The predicted octanol–water partition coefficient (Wildman–Crippen LogP) is 4.10. The molecule has 0 amide bonds. The van der Waals surface area contributed by atoms with Crippen LogP contribution in [0.1, 0.15) is 46.0 Å². The van der Waals surface area contributed by atoms with Crippen LogP contribution in [0.2, 0.25) is 0 Å². The lowest BCUT2D eigenvalue weighted by Crippen LogP contribution is -1.78. The third-order valence-corrected chi connectivity index (χ3v) is 1.98. The van der Waals surface area contributed by atoms with E-state index in [1.54, 1.807) is 5.54 Å². The molecule has 0 atom stereocenters. The molecule has 0 radical (unpaired) electrons. The number of hydrogen-bond acceptors (Lipinski definition) is 0. The Morgan fingerprint density at radius 1 is 1.30 bits per heavy atom. The van der Waals surface area contributed by atoms with Gasteiger partial charge in [-0.25, -0.2) is 0 Å². The minimum Gasteiger partial charge on any atom is -0.0930 e. The third-order valence-electron chi connectivity index (χ3n) is 1.61. The van der Waals surface area contributed by atoms with E-state index in [1.165, 1.54) is 37.7 Å². The molecule has 1 heteroatoms. The number of halogens is 1. The van der Waals surface area contributed by atoms with E-state index in [0.717, 1.165) is 0 Å². The molecular weight excluding hydrogens is 144 g/mol. The summed E-state index contributed by atoms with van der Waals surface area (Å²) in [4.78, 5) is 0. The van der Waals surface area contributed by atoms with Crippen LogP contribution in [0.5, 0.6) is 0 Å². The van der Waals surface area contributed by atoms with Crippen LogP contribution in [-0.4, -0.2) is 0 Å². The Kier molecular flexibility index (Phi) is 7.16. The topological polar surface area (TPSA) is 0 Å². The Balaban J connectivity index is 3.04. The summed E-state index contributed by atoms with van der Waals surface area (Å²) in [6.45, 7) is 4.31. The van der Waals surface area contributed by atoms with Crippen LogP contribution in [0.4, 0.5) is 0 Å². The van der Waals surface area contributed by atoms with Crippen molar-refractivity contribution >= 4 is 11.6 Å². The number of unbranched alkanes of at least 4 members (excludes halogenated alkanes) is 3. The Morgan fingerprint density at radius 2 is 2.00 bits per heavy atom. The number of hydrogen-bond donors (Lipinski definition) is 0. The van der Waals surface area contributed by atoms with E-state index in [0.29, 0.717) is 0 Å². The summed E-state index contributed by atoms with van der Waals surface area (Å²) in [6.07, 6.45) is 6.48. The lowest BCUT2D eigenvalue weighted by atomic mass is 10.1. The van der Waals surface area contributed by atoms with Crippen LogP contribution < -0.4 is 0 Å². The molecule has 0 rings (SSSR count). The van der Waals surface area contributed by atoms with E-state index in [2.05, 4.69) is 13.8 Å². The zero-order valence-corrected chi connectivity index (χ0v) is 7.75. The largest absolute Gasteiger partial charge is 0.0930 e. The average Bonchev–Trinajstić information content (AvgIpc) is 1.98. The molecule has 0 aromatic heterocycles. The summed E-state index contributed by atoms with van der Waals surface area (Å²) in [5.41, 5.74) is 2.99. The number of rotatable bonds is 5. The summed E-state index contributed by atoms with van der Waals surface area (Å²) in [6, 6.07) is 0. The van der Waals surface area contributed by atoms with Crippen LogP contribution in [0.3, 0.4) is 0 Å². The van der Waals surface area contributed by atoms with E-state index in [4.69, 9.17) is 11.6 Å². The van der Waals surface area contributed by atoms with Crippen molar-refractivity contribution in [2.24, 2.45) is 0 Å². The first-order valence-corrected chi connectivity index (χ1v) is 4.50. The lowest BCUT2D eigenvalue weighted by Gasteiger charge is -1.97. The third kappa shape index (κ3) is 6.15. The molecule has 0 aromatic carbocycles. The molecule has 0 aromatic rings. The fourth-order valence-electron chi connectivity index (χ4n) is 0.885. The highest BCUT2D eigenvalue weighted by atomic mass is 35.5. The second kappa shape index (κ2) is 7.14. The predicted molar refractivity (Wildman–Crippen MR) is 48.4 cm³/mol. The fourth-order valence-corrected chi connectivity index (χ4v) is 0.994. The van der Waals surface area contributed by atoms with Crippen molar-refractivity contribution in [2.75, 3.05) is 0 Å². The van der Waals surface area contributed by atoms with Crippen molar-refractivity contribution in [3.63, 3.8) is 0 Å². The summed E-state index contributed by atoms with van der Waals surface area (Å²) < 4.78 is 0. The second-order valence-corrected chi connectivity index (χ2v) is 2.98. The minimum atomic E-state index is 1.17. The Morgan fingerprint density at radius 3 is 2.50 bits per heavy atom. The van der Waals surface area contributed by atoms with Crippen molar-refractivity contribution in [2.45, 2.75) is 46.0 Å². The van der Waals surface area contributed by atoms with Gasteiger partial charge in [-0.3, -0.25) is 0 Å². The molecular formula is C9H17Cl. The maximum Gasteiger partial charge on any atom is 0.00316 e. The first-order chi connectivity index (χ1) is 4.81. The highest BCUT2D eigenvalue weighted by Crippen LogP contribution is 2.09. The fraction of sp³-hybridized carbons (Fsp3) is 0.778. The van der Waals surface area contributed by atoms with Crippen LogP contribution in [0.25, 0.3) is 0 Å². The Bertz CT molecular complexity index is 94.9. The van der Waals surface area contributed by atoms with Gasteiger partial charge in [-0.1, -0.05) is 43.4 Å². The van der Waals surface area contributed by atoms with Crippen LogP contribution in [0, 0.1) is 0 Å². The smallest absolute Gasteiger partial charge is 0.00316 e. The monoisotopic (exact) mass is 160 g/mol. The van der Waals surface area contributed by atoms with Gasteiger partial charge in [0.2, 0.25) is 0 Å². The van der Waals surface area contributed by atoms with Gasteiger partial charge < -0.3 is 0 Å². The van der Waals surface area contributed by atoms with Crippen molar-refractivity contribution in [1.29, 1.82) is 0 Å². The minimum absolute atomic E-state index is 1.17. The molecule has 0 bridgehead atoms. The maximum absolute atomic E-state index is 5.50. The molecule has 0 aliphatic heterocycles. The molecule has 0 fully saturated rings. The highest BCUT2D eigenvalue weighted by Gasteiger charge is 1.89. The van der Waals surface area contributed by atoms with Gasteiger partial charge in [-0.05, 0) is 19.8 Å². The first kappa shape index (κ1) is 10.0. The summed E-state index contributed by atoms with van der Waals surface area (Å²) >= 11 is 5.50. The van der Waals surface area contributed by atoms with Crippen molar-refractivity contribution < 1.29 is 0 Å². The normalized spacial score (nSPS) is 12.1. The van der Waals surface area contributed by atoms with Gasteiger partial charge in [0.25, 0.3) is 0 Å². The van der Waals surface area contributed by atoms with Crippen molar-refractivity contribution in [3.8, 4) is 0 Å².